The molecule has 1 aromatic heterocycles. The van der Waals surface area contributed by atoms with Crippen LogP contribution in [0.25, 0.3) is 12.2 Å². The number of aryl methyl sites for hydroxylation is 2. The number of fused-ring (bicyclic) bond motifs is 1. The molecule has 1 heteroatoms. The first-order valence-electron chi connectivity index (χ1n) is 6.35. The lowest BCUT2D eigenvalue weighted by atomic mass is 9.93. The van der Waals surface area contributed by atoms with Gasteiger partial charge in [-0.05, 0) is 31.6 Å². The Bertz CT molecular complexity index is 451. The third-order valence-corrected chi connectivity index (χ3v) is 2.77. The molecule has 0 aliphatic heterocycles. The zero-order valence-corrected chi connectivity index (χ0v) is 11.8. The molecule has 0 radical (unpaired) electrons. The number of allylic oxidation sites excluding steroid dienone is 2. The van der Waals surface area contributed by atoms with E-state index in [0.717, 1.165) is 11.4 Å². The molecule has 0 aromatic carbocycles. The molecular weight excluding hydrogens is 206 g/mol. The molecule has 0 bridgehead atoms. The first-order chi connectivity index (χ1) is 7.98. The van der Waals surface area contributed by atoms with Crippen LogP contribution in [0, 0.1) is 19.3 Å². The molecule has 1 nitrogen and oxygen atoms in total. The zero-order chi connectivity index (χ0) is 13.1. The van der Waals surface area contributed by atoms with Gasteiger partial charge in [0, 0.05) is 16.7 Å². The fourth-order valence-corrected chi connectivity index (χ4v) is 1.87. The van der Waals surface area contributed by atoms with E-state index in [-0.39, 0.29) is 5.41 Å². The van der Waals surface area contributed by atoms with Crippen LogP contribution in [0.1, 0.15) is 50.2 Å². The van der Waals surface area contributed by atoms with Gasteiger partial charge in [-0.15, -0.1) is 0 Å². The van der Waals surface area contributed by atoms with Gasteiger partial charge < -0.3 is 0 Å². The lowest BCUT2D eigenvalue weighted by molar-refractivity contribution is 0.633. The predicted molar refractivity (Wildman–Crippen MR) is 76.9 cm³/mol. The third-order valence-electron chi connectivity index (χ3n) is 2.77. The maximum atomic E-state index is 4.56. The predicted octanol–water partition coefficient (Wildman–Crippen LogP) is 4.79. The van der Waals surface area contributed by atoms with Crippen LogP contribution in [0.2, 0.25) is 0 Å². The third kappa shape index (κ3) is 3.29. The summed E-state index contributed by atoms with van der Waals surface area (Å²) in [6, 6.07) is 2.13. The Balaban J connectivity index is 0.000000686. The van der Waals surface area contributed by atoms with Crippen LogP contribution in [0.5, 0.6) is 0 Å². The molecule has 2 rings (SSSR count). The van der Waals surface area contributed by atoms with Crippen LogP contribution >= 0.6 is 0 Å². The minimum Gasteiger partial charge on any atom is -0.253 e. The van der Waals surface area contributed by atoms with E-state index in [0.29, 0.717) is 0 Å². The van der Waals surface area contributed by atoms with E-state index in [9.17, 15) is 0 Å². The Hall–Kier alpha value is -1.37. The first kappa shape index (κ1) is 13.7. The maximum absolute atomic E-state index is 4.56. The van der Waals surface area contributed by atoms with Crippen LogP contribution < -0.4 is 0 Å². The van der Waals surface area contributed by atoms with Crippen LogP contribution in [-0.4, -0.2) is 4.98 Å². The van der Waals surface area contributed by atoms with Crippen molar-refractivity contribution in [3.63, 3.8) is 0 Å². The van der Waals surface area contributed by atoms with Gasteiger partial charge in [-0.2, -0.15) is 0 Å². The van der Waals surface area contributed by atoms with Crippen LogP contribution in [0.4, 0.5) is 0 Å². The van der Waals surface area contributed by atoms with Crippen molar-refractivity contribution in [2.24, 2.45) is 5.41 Å². The maximum Gasteiger partial charge on any atom is 0.0704 e. The van der Waals surface area contributed by atoms with E-state index in [4.69, 9.17) is 0 Å². The van der Waals surface area contributed by atoms with Crippen molar-refractivity contribution in [2.45, 2.75) is 41.5 Å². The lowest BCUT2D eigenvalue weighted by Crippen LogP contribution is -2.00. The van der Waals surface area contributed by atoms with Gasteiger partial charge in [-0.3, -0.25) is 4.98 Å². The highest BCUT2D eigenvalue weighted by Gasteiger charge is 2.14. The Morgan fingerprint density at radius 3 is 2.24 bits per heavy atom. The van der Waals surface area contributed by atoms with Crippen molar-refractivity contribution in [1.29, 1.82) is 0 Å². The molecular formula is C16H23N. The van der Waals surface area contributed by atoms with Crippen molar-refractivity contribution in [3.05, 3.63) is 40.7 Å². The van der Waals surface area contributed by atoms with E-state index < -0.39 is 0 Å². The van der Waals surface area contributed by atoms with Crippen LogP contribution in [0.15, 0.2) is 18.2 Å². The highest BCUT2D eigenvalue weighted by atomic mass is 14.7. The standard InChI is InChI=1S/C14H17N.C2H6/c1-10-9-11(2)15-13-6-8-14(3,4)7-5-12(10)13;1-2/h5-9H,1-4H3;1-2H3. The SMILES string of the molecule is CC.Cc1cc(C)c2c(n1)C=CC(C)(C)C=C2. The summed E-state index contributed by atoms with van der Waals surface area (Å²) in [6.45, 7) is 12.6. The molecule has 0 spiro atoms. The van der Waals surface area contributed by atoms with E-state index in [1.165, 1.54) is 11.1 Å². The topological polar surface area (TPSA) is 12.9 Å². The highest BCUT2D eigenvalue weighted by Crippen LogP contribution is 2.28. The Labute approximate surface area is 105 Å². The monoisotopic (exact) mass is 229 g/mol. The average Bonchev–Trinajstić information content (AvgIpc) is 2.41. The minimum atomic E-state index is 0.126. The van der Waals surface area contributed by atoms with Gasteiger partial charge in [-0.25, -0.2) is 0 Å². The second-order valence-corrected chi connectivity index (χ2v) is 4.87. The van der Waals surface area contributed by atoms with Crippen molar-refractivity contribution in [3.8, 4) is 0 Å². The number of aromatic nitrogens is 1. The summed E-state index contributed by atoms with van der Waals surface area (Å²) in [5.74, 6) is 0. The zero-order valence-electron chi connectivity index (χ0n) is 11.8. The molecule has 0 saturated carbocycles. The largest absolute Gasteiger partial charge is 0.253 e. The van der Waals surface area contributed by atoms with Gasteiger partial charge in [0.05, 0.1) is 5.69 Å². The molecule has 0 fully saturated rings. The second-order valence-electron chi connectivity index (χ2n) is 4.87. The number of hydrogen-bond donors (Lipinski definition) is 0. The quantitative estimate of drug-likeness (QED) is 0.623. The van der Waals surface area contributed by atoms with Crippen molar-refractivity contribution < 1.29 is 0 Å². The normalized spacial score (nSPS) is 15.6. The average molecular weight is 229 g/mol. The summed E-state index contributed by atoms with van der Waals surface area (Å²) < 4.78 is 0. The molecule has 0 atom stereocenters. The summed E-state index contributed by atoms with van der Waals surface area (Å²) in [7, 11) is 0. The van der Waals surface area contributed by atoms with Crippen molar-refractivity contribution in [1.82, 2.24) is 4.98 Å². The van der Waals surface area contributed by atoms with E-state index in [1.54, 1.807) is 0 Å². The van der Waals surface area contributed by atoms with Gasteiger partial charge in [-0.1, -0.05) is 45.9 Å². The molecule has 0 amide bonds. The van der Waals surface area contributed by atoms with Crippen molar-refractivity contribution in [2.75, 3.05) is 0 Å². The van der Waals surface area contributed by atoms with Gasteiger partial charge >= 0.3 is 0 Å². The number of nitrogens with zero attached hydrogens (tertiary/aromatic N) is 1. The molecule has 0 N–H and O–H groups in total. The molecule has 1 aliphatic carbocycles. The summed E-state index contributed by atoms with van der Waals surface area (Å²) in [4.78, 5) is 4.56. The van der Waals surface area contributed by atoms with Gasteiger partial charge in [0.15, 0.2) is 0 Å². The number of rotatable bonds is 0. The molecule has 1 heterocycles. The van der Waals surface area contributed by atoms with E-state index >= 15 is 0 Å². The van der Waals surface area contributed by atoms with Gasteiger partial charge in [0.25, 0.3) is 0 Å². The Morgan fingerprint density at radius 1 is 1.00 bits per heavy atom. The smallest absolute Gasteiger partial charge is 0.0704 e. The number of pyridine rings is 1. The molecule has 1 aromatic rings. The first-order valence-corrected chi connectivity index (χ1v) is 6.35. The lowest BCUT2D eigenvalue weighted by Gasteiger charge is -2.11. The molecule has 92 valence electrons. The fourth-order valence-electron chi connectivity index (χ4n) is 1.87. The second kappa shape index (κ2) is 5.31. The summed E-state index contributed by atoms with van der Waals surface area (Å²) in [5, 5.41) is 0. The summed E-state index contributed by atoms with van der Waals surface area (Å²) in [5.41, 5.74) is 4.86. The van der Waals surface area contributed by atoms with Gasteiger partial charge in [0.1, 0.15) is 0 Å². The molecule has 1 aliphatic rings. The fraction of sp³-hybridized carbons (Fsp3) is 0.438. The summed E-state index contributed by atoms with van der Waals surface area (Å²) >= 11 is 0. The Morgan fingerprint density at radius 2 is 1.59 bits per heavy atom. The van der Waals surface area contributed by atoms with E-state index in [1.807, 2.05) is 20.8 Å². The summed E-state index contributed by atoms with van der Waals surface area (Å²) in [6.07, 6.45) is 8.77. The van der Waals surface area contributed by atoms with E-state index in [2.05, 4.69) is 56.1 Å². The molecule has 0 saturated heterocycles. The van der Waals surface area contributed by atoms with Crippen LogP contribution in [-0.2, 0) is 0 Å². The van der Waals surface area contributed by atoms with Gasteiger partial charge in [0.2, 0.25) is 0 Å². The Kier molecular flexibility index (Phi) is 4.28. The molecule has 17 heavy (non-hydrogen) atoms. The van der Waals surface area contributed by atoms with Crippen molar-refractivity contribution >= 4 is 12.2 Å². The number of hydrogen-bond acceptors (Lipinski definition) is 1. The molecule has 0 unspecified atom stereocenters. The minimum absolute atomic E-state index is 0.126. The van der Waals surface area contributed by atoms with Crippen LogP contribution in [0.3, 0.4) is 0 Å². The highest BCUT2D eigenvalue weighted by molar-refractivity contribution is 5.68.